The number of nitrogen functional groups attached to an aromatic ring is 1. The Hall–Kier alpha value is -4.81. The number of aromatic nitrogens is 2. The number of alkyl halides is 2. The van der Waals surface area contributed by atoms with Crippen LogP contribution in [0.3, 0.4) is 0 Å². The number of hydrogen-bond donors (Lipinski definition) is 1. The second kappa shape index (κ2) is 13.4. The monoisotopic (exact) mass is 659 g/mol. The van der Waals surface area contributed by atoms with Crippen molar-refractivity contribution < 1.29 is 32.2 Å². The van der Waals surface area contributed by atoms with Gasteiger partial charge in [-0.25, -0.2) is 9.07 Å². The zero-order chi connectivity index (χ0) is 33.4. The van der Waals surface area contributed by atoms with E-state index in [9.17, 15) is 18.0 Å². The molecule has 0 atom stereocenters. The van der Waals surface area contributed by atoms with Crippen LogP contribution >= 0.6 is 0 Å². The normalized spacial score (nSPS) is 17.0. The Balaban J connectivity index is 1.08. The summed E-state index contributed by atoms with van der Waals surface area (Å²) in [7, 11) is 0. The topological polar surface area (TPSA) is 95.1 Å². The maximum atomic E-state index is 14.1. The Morgan fingerprint density at radius 1 is 1.00 bits per heavy atom. The molecule has 2 saturated heterocycles. The summed E-state index contributed by atoms with van der Waals surface area (Å²) in [5, 5.41) is 4.40. The van der Waals surface area contributed by atoms with Crippen molar-refractivity contribution in [2.45, 2.75) is 38.8 Å². The standard InChI is InChI=1S/C36H36F3N5O4/c1-22-16-27(47-32-5-3-2-4-29(32)37)6-7-30(22)44-35(40)28(21-41-44)34(45)25-17-23-19-31(33(48-36(38)39)20-24(23)18-25)43-10-8-26(9-11-43)42-12-14-46-15-13-42/h2-7,16,18-21,26,36H,8-15,17,40H2,1H3. The Morgan fingerprint density at radius 2 is 1.77 bits per heavy atom. The van der Waals surface area contributed by atoms with Crippen LogP contribution in [0.5, 0.6) is 17.2 Å². The molecule has 0 radical (unpaired) electrons. The molecular weight excluding hydrogens is 623 g/mol. The molecule has 7 rings (SSSR count). The molecule has 2 N–H and O–H groups in total. The quantitative estimate of drug-likeness (QED) is 0.206. The van der Waals surface area contributed by atoms with E-state index in [-0.39, 0.29) is 28.7 Å². The van der Waals surface area contributed by atoms with Crippen molar-refractivity contribution in [1.29, 1.82) is 0 Å². The van der Waals surface area contributed by atoms with Gasteiger partial charge < -0.3 is 24.8 Å². The van der Waals surface area contributed by atoms with Crippen LogP contribution in [0.15, 0.2) is 66.4 Å². The van der Waals surface area contributed by atoms with Crippen LogP contribution < -0.4 is 20.1 Å². The third kappa shape index (κ3) is 6.37. The number of nitrogens with two attached hydrogens (primary N) is 1. The average Bonchev–Trinajstić information content (AvgIpc) is 3.68. The van der Waals surface area contributed by atoms with Crippen LogP contribution in [0.25, 0.3) is 11.8 Å². The second-order valence-electron chi connectivity index (χ2n) is 12.3. The summed E-state index contributed by atoms with van der Waals surface area (Å²) >= 11 is 0. The van der Waals surface area contributed by atoms with E-state index in [4.69, 9.17) is 19.9 Å². The molecule has 0 saturated carbocycles. The minimum Gasteiger partial charge on any atom is -0.454 e. The van der Waals surface area contributed by atoms with Crippen LogP contribution in [0.2, 0.25) is 0 Å². The number of hydrogen-bond acceptors (Lipinski definition) is 8. The molecule has 3 aliphatic rings. The molecule has 48 heavy (non-hydrogen) atoms. The minimum atomic E-state index is -2.98. The lowest BCUT2D eigenvalue weighted by atomic mass is 10.00. The molecule has 1 aromatic heterocycles. The lowest BCUT2D eigenvalue weighted by Gasteiger charge is -2.41. The van der Waals surface area contributed by atoms with Gasteiger partial charge in [0.2, 0.25) is 0 Å². The van der Waals surface area contributed by atoms with Gasteiger partial charge in [-0.3, -0.25) is 9.69 Å². The third-order valence-electron chi connectivity index (χ3n) is 9.32. The van der Waals surface area contributed by atoms with Gasteiger partial charge >= 0.3 is 6.61 Å². The molecule has 0 unspecified atom stereocenters. The number of piperidine rings is 1. The number of aryl methyl sites for hydroxylation is 1. The van der Waals surface area contributed by atoms with E-state index in [1.807, 2.05) is 13.0 Å². The number of halogens is 3. The largest absolute Gasteiger partial charge is 0.454 e. The summed E-state index contributed by atoms with van der Waals surface area (Å²) < 4.78 is 58.8. The second-order valence-corrected chi connectivity index (χ2v) is 12.3. The van der Waals surface area contributed by atoms with E-state index >= 15 is 0 Å². The van der Waals surface area contributed by atoms with Crippen molar-refractivity contribution in [3.8, 4) is 22.9 Å². The predicted molar refractivity (Wildman–Crippen MR) is 176 cm³/mol. The smallest absolute Gasteiger partial charge is 0.387 e. The van der Waals surface area contributed by atoms with Gasteiger partial charge in [0.05, 0.1) is 36.3 Å². The van der Waals surface area contributed by atoms with Gasteiger partial charge in [0, 0.05) is 44.2 Å². The maximum absolute atomic E-state index is 14.1. The molecule has 1 aliphatic carbocycles. The van der Waals surface area contributed by atoms with Crippen LogP contribution in [0.1, 0.15) is 39.9 Å². The maximum Gasteiger partial charge on any atom is 0.387 e. The lowest BCUT2D eigenvalue weighted by molar-refractivity contribution is -0.0495. The van der Waals surface area contributed by atoms with Gasteiger partial charge in [-0.2, -0.15) is 13.9 Å². The van der Waals surface area contributed by atoms with Gasteiger partial charge in [-0.05, 0) is 85.0 Å². The molecule has 2 fully saturated rings. The fraction of sp³-hybridized carbons (Fsp3) is 0.333. The first-order valence-corrected chi connectivity index (χ1v) is 16.1. The summed E-state index contributed by atoms with van der Waals surface area (Å²) in [6, 6.07) is 15.2. The summed E-state index contributed by atoms with van der Waals surface area (Å²) in [5.41, 5.74) is 10.7. The van der Waals surface area contributed by atoms with E-state index in [0.717, 1.165) is 50.3 Å². The number of para-hydroxylation sites is 1. The Bertz CT molecular complexity index is 1860. The highest BCUT2D eigenvalue weighted by molar-refractivity contribution is 6.15. The number of ether oxygens (including phenoxy) is 3. The van der Waals surface area contributed by atoms with Crippen molar-refractivity contribution in [2.24, 2.45) is 0 Å². The molecule has 3 heterocycles. The van der Waals surface area contributed by atoms with Crippen molar-refractivity contribution in [1.82, 2.24) is 14.7 Å². The highest BCUT2D eigenvalue weighted by Gasteiger charge is 2.30. The zero-order valence-corrected chi connectivity index (χ0v) is 26.5. The number of ketones is 1. The van der Waals surface area contributed by atoms with Crippen LogP contribution in [0.4, 0.5) is 24.7 Å². The minimum absolute atomic E-state index is 0.101. The Labute approximate surface area is 276 Å². The Kier molecular flexibility index (Phi) is 8.84. The van der Waals surface area contributed by atoms with Gasteiger partial charge in [-0.15, -0.1) is 0 Å². The molecule has 3 aromatic carbocycles. The highest BCUT2D eigenvalue weighted by atomic mass is 19.3. The number of carbonyl (C=O) groups excluding carboxylic acids is 1. The molecule has 0 spiro atoms. The highest BCUT2D eigenvalue weighted by Crippen LogP contribution is 2.40. The summed E-state index contributed by atoms with van der Waals surface area (Å²) in [4.78, 5) is 18.3. The molecule has 0 amide bonds. The molecule has 0 bridgehead atoms. The molecule has 250 valence electrons. The first-order chi connectivity index (χ1) is 23.2. The van der Waals surface area contributed by atoms with Gasteiger partial charge in [-0.1, -0.05) is 12.1 Å². The van der Waals surface area contributed by atoms with Crippen molar-refractivity contribution in [2.75, 3.05) is 50.0 Å². The average molecular weight is 660 g/mol. The van der Waals surface area contributed by atoms with E-state index in [1.165, 1.54) is 16.9 Å². The number of benzene rings is 3. The Morgan fingerprint density at radius 3 is 2.50 bits per heavy atom. The number of rotatable bonds is 9. The van der Waals surface area contributed by atoms with Gasteiger partial charge in [0.1, 0.15) is 17.3 Å². The number of anilines is 2. The van der Waals surface area contributed by atoms with E-state index in [1.54, 1.807) is 48.5 Å². The molecule has 4 aromatic rings. The van der Waals surface area contributed by atoms with Crippen LogP contribution in [-0.2, 0) is 11.2 Å². The summed E-state index contributed by atoms with van der Waals surface area (Å²) in [5.74, 6) is 0.0390. The van der Waals surface area contributed by atoms with Crippen molar-refractivity contribution in [3.05, 3.63) is 94.4 Å². The molecular formula is C36H36F3N5O4. The van der Waals surface area contributed by atoms with Crippen molar-refractivity contribution in [3.63, 3.8) is 0 Å². The van der Waals surface area contributed by atoms with Crippen LogP contribution in [0, 0.1) is 12.7 Å². The number of nitrogens with zero attached hydrogens (tertiary/aromatic N) is 4. The van der Waals surface area contributed by atoms with Gasteiger partial charge in [0.15, 0.2) is 17.3 Å². The fourth-order valence-electron chi connectivity index (χ4n) is 6.84. The van der Waals surface area contributed by atoms with E-state index in [2.05, 4.69) is 14.9 Å². The van der Waals surface area contributed by atoms with E-state index < -0.39 is 12.4 Å². The third-order valence-corrected chi connectivity index (χ3v) is 9.32. The molecule has 9 nitrogen and oxygen atoms in total. The molecule has 2 aliphatic heterocycles. The lowest BCUT2D eigenvalue weighted by Crippen LogP contribution is -2.49. The zero-order valence-electron chi connectivity index (χ0n) is 26.5. The van der Waals surface area contributed by atoms with E-state index in [0.29, 0.717) is 53.8 Å². The number of fused-ring (bicyclic) bond motifs is 1. The number of Topliss-reactive ketones (excluding diaryl/α,β-unsaturated/α-hetero) is 1. The number of morpholine rings is 1. The van der Waals surface area contributed by atoms with Crippen molar-refractivity contribution >= 4 is 23.4 Å². The molecule has 12 heteroatoms. The summed E-state index contributed by atoms with van der Waals surface area (Å²) in [6.45, 7) is 3.57. The first kappa shape index (κ1) is 31.8. The predicted octanol–water partition coefficient (Wildman–Crippen LogP) is 6.42. The fourth-order valence-corrected chi connectivity index (χ4v) is 6.84. The SMILES string of the molecule is Cc1cc(Oc2ccccc2F)ccc1-n1ncc(C(=O)C2=Cc3cc(OC(F)F)c(N4CCC(N5CCOCC5)CC4)cc3C2)c1N. The van der Waals surface area contributed by atoms with Gasteiger partial charge in [0.25, 0.3) is 0 Å². The number of carbonyl (C=O) groups is 1. The number of allylic oxidation sites excluding steroid dienone is 1. The van der Waals surface area contributed by atoms with Crippen LogP contribution in [-0.4, -0.2) is 72.5 Å². The first-order valence-electron chi connectivity index (χ1n) is 16.1. The summed E-state index contributed by atoms with van der Waals surface area (Å²) in [6.07, 6.45) is 5.29.